The number of benzene rings is 2. The van der Waals surface area contributed by atoms with Gasteiger partial charge in [-0.3, -0.25) is 0 Å². The normalized spacial score (nSPS) is 11.5. The van der Waals surface area contributed by atoms with E-state index in [4.69, 9.17) is 10.2 Å². The molecule has 0 atom stereocenters. The Bertz CT molecular complexity index is 879. The molecule has 21 heavy (non-hydrogen) atoms. The Morgan fingerprint density at radius 3 is 2.90 bits per heavy atom. The molecule has 0 amide bonds. The molecule has 2 aromatic carbocycles. The van der Waals surface area contributed by atoms with Crippen molar-refractivity contribution in [2.75, 3.05) is 5.73 Å². The van der Waals surface area contributed by atoms with Gasteiger partial charge >= 0.3 is 0 Å². The van der Waals surface area contributed by atoms with Crippen LogP contribution in [-0.2, 0) is 0 Å². The summed E-state index contributed by atoms with van der Waals surface area (Å²) >= 11 is 1.37. The van der Waals surface area contributed by atoms with Gasteiger partial charge in [0, 0.05) is 17.4 Å². The molecule has 2 heterocycles. The van der Waals surface area contributed by atoms with Gasteiger partial charge in [0.1, 0.15) is 5.52 Å². The number of hydrogen-bond acceptors (Lipinski definition) is 5. The highest BCUT2D eigenvalue weighted by atomic mass is 32.2. The SMILES string of the molecule is Cc1ccc2nc(Sc3nc4cc(N)ccc4o3)[nH]c2c1. The molecule has 0 fully saturated rings. The fraction of sp³-hybridized carbons (Fsp3) is 0.0667. The van der Waals surface area contributed by atoms with E-state index in [0.29, 0.717) is 10.9 Å². The van der Waals surface area contributed by atoms with E-state index < -0.39 is 0 Å². The Hall–Kier alpha value is -2.47. The summed E-state index contributed by atoms with van der Waals surface area (Å²) in [5.41, 5.74) is 11.0. The molecule has 3 N–H and O–H groups in total. The van der Waals surface area contributed by atoms with E-state index in [1.165, 1.54) is 17.3 Å². The zero-order valence-corrected chi connectivity index (χ0v) is 12.1. The van der Waals surface area contributed by atoms with Crippen LogP contribution in [0.3, 0.4) is 0 Å². The van der Waals surface area contributed by atoms with Crippen LogP contribution in [0.4, 0.5) is 5.69 Å². The van der Waals surface area contributed by atoms with Crippen molar-refractivity contribution in [2.45, 2.75) is 17.3 Å². The summed E-state index contributed by atoms with van der Waals surface area (Å²) < 4.78 is 5.68. The smallest absolute Gasteiger partial charge is 0.264 e. The molecule has 0 bridgehead atoms. The average Bonchev–Trinajstić information content (AvgIpc) is 3.00. The molecule has 0 saturated carbocycles. The van der Waals surface area contributed by atoms with Crippen molar-refractivity contribution in [3.8, 4) is 0 Å². The van der Waals surface area contributed by atoms with Gasteiger partial charge < -0.3 is 15.1 Å². The Labute approximate surface area is 124 Å². The minimum absolute atomic E-state index is 0.548. The van der Waals surface area contributed by atoms with E-state index in [1.807, 2.05) is 18.2 Å². The molecule has 0 radical (unpaired) electrons. The fourth-order valence-corrected chi connectivity index (χ4v) is 2.94. The van der Waals surface area contributed by atoms with Gasteiger partial charge in [-0.05, 0) is 42.8 Å². The third-order valence-electron chi connectivity index (χ3n) is 3.19. The molecule has 5 nitrogen and oxygen atoms in total. The first-order valence-electron chi connectivity index (χ1n) is 6.48. The van der Waals surface area contributed by atoms with E-state index in [9.17, 15) is 0 Å². The van der Waals surface area contributed by atoms with Gasteiger partial charge in [-0.15, -0.1) is 0 Å². The lowest BCUT2D eigenvalue weighted by Gasteiger charge is -1.89. The number of H-pyrrole nitrogens is 1. The van der Waals surface area contributed by atoms with Crippen LogP contribution in [-0.4, -0.2) is 15.0 Å². The lowest BCUT2D eigenvalue weighted by atomic mass is 10.2. The van der Waals surface area contributed by atoms with E-state index in [1.54, 1.807) is 12.1 Å². The lowest BCUT2D eigenvalue weighted by Crippen LogP contribution is -1.82. The highest BCUT2D eigenvalue weighted by Crippen LogP contribution is 2.30. The van der Waals surface area contributed by atoms with Crippen LogP contribution >= 0.6 is 11.8 Å². The molecular formula is C15H12N4OS. The number of nitrogens with zero attached hydrogens (tertiary/aromatic N) is 2. The lowest BCUT2D eigenvalue weighted by molar-refractivity contribution is 0.489. The van der Waals surface area contributed by atoms with Crippen molar-refractivity contribution in [2.24, 2.45) is 0 Å². The number of oxazole rings is 1. The zero-order chi connectivity index (χ0) is 14.4. The average molecular weight is 296 g/mol. The number of nitrogens with one attached hydrogen (secondary N) is 1. The number of fused-ring (bicyclic) bond motifs is 2. The molecule has 0 spiro atoms. The van der Waals surface area contributed by atoms with Crippen LogP contribution in [0.2, 0.25) is 0 Å². The molecule has 104 valence electrons. The maximum atomic E-state index is 5.74. The Morgan fingerprint density at radius 2 is 2.00 bits per heavy atom. The first-order chi connectivity index (χ1) is 10.2. The second kappa shape index (κ2) is 4.53. The van der Waals surface area contributed by atoms with Gasteiger partial charge in [0.2, 0.25) is 0 Å². The first kappa shape index (κ1) is 12.3. The molecule has 6 heteroatoms. The van der Waals surface area contributed by atoms with Gasteiger partial charge in [0.15, 0.2) is 10.7 Å². The van der Waals surface area contributed by atoms with Gasteiger partial charge in [-0.2, -0.15) is 0 Å². The third kappa shape index (κ3) is 2.23. The molecule has 0 aliphatic carbocycles. The van der Waals surface area contributed by atoms with Crippen molar-refractivity contribution in [3.05, 3.63) is 42.0 Å². The number of imidazole rings is 1. The van der Waals surface area contributed by atoms with Gasteiger partial charge in [0.05, 0.1) is 11.0 Å². The summed E-state index contributed by atoms with van der Waals surface area (Å²) in [5.74, 6) is 0. The molecule has 2 aromatic heterocycles. The quantitative estimate of drug-likeness (QED) is 0.551. The largest absolute Gasteiger partial charge is 0.431 e. The number of aromatic amines is 1. The summed E-state index contributed by atoms with van der Waals surface area (Å²) in [7, 11) is 0. The van der Waals surface area contributed by atoms with Crippen LogP contribution in [0.1, 0.15) is 5.56 Å². The summed E-state index contributed by atoms with van der Waals surface area (Å²) in [6.45, 7) is 2.05. The van der Waals surface area contributed by atoms with E-state index in [0.717, 1.165) is 27.3 Å². The number of anilines is 1. The predicted octanol–water partition coefficient (Wildman–Crippen LogP) is 3.75. The van der Waals surface area contributed by atoms with Gasteiger partial charge in [-0.25, -0.2) is 9.97 Å². The van der Waals surface area contributed by atoms with Crippen molar-refractivity contribution >= 4 is 39.6 Å². The molecule has 0 aliphatic heterocycles. The number of hydrogen-bond donors (Lipinski definition) is 2. The summed E-state index contributed by atoms with van der Waals surface area (Å²) in [6.07, 6.45) is 0. The number of rotatable bonds is 2. The van der Waals surface area contributed by atoms with Crippen molar-refractivity contribution in [3.63, 3.8) is 0 Å². The standard InChI is InChI=1S/C15H12N4OS/c1-8-2-4-10-11(6-8)18-14(17-10)21-15-19-12-7-9(16)3-5-13(12)20-15/h2-7H,16H2,1H3,(H,17,18). The molecule has 4 aromatic rings. The first-order valence-corrected chi connectivity index (χ1v) is 7.29. The van der Waals surface area contributed by atoms with Crippen molar-refractivity contribution < 1.29 is 4.42 Å². The predicted molar refractivity (Wildman–Crippen MR) is 83.4 cm³/mol. The van der Waals surface area contributed by atoms with Crippen LogP contribution < -0.4 is 5.73 Å². The second-order valence-electron chi connectivity index (χ2n) is 4.87. The highest BCUT2D eigenvalue weighted by Gasteiger charge is 2.11. The van der Waals surface area contributed by atoms with E-state index in [-0.39, 0.29) is 0 Å². The topological polar surface area (TPSA) is 80.7 Å². The second-order valence-corrected chi connectivity index (χ2v) is 5.81. The Kier molecular flexibility index (Phi) is 2.65. The monoisotopic (exact) mass is 296 g/mol. The van der Waals surface area contributed by atoms with Crippen LogP contribution in [0.25, 0.3) is 22.1 Å². The van der Waals surface area contributed by atoms with Crippen molar-refractivity contribution in [1.82, 2.24) is 15.0 Å². The minimum Gasteiger partial charge on any atom is -0.431 e. The van der Waals surface area contributed by atoms with Crippen LogP contribution in [0, 0.1) is 6.92 Å². The molecular weight excluding hydrogens is 284 g/mol. The van der Waals surface area contributed by atoms with E-state index in [2.05, 4.69) is 27.9 Å². The summed E-state index contributed by atoms with van der Waals surface area (Å²) in [6, 6.07) is 11.5. The third-order valence-corrected chi connectivity index (χ3v) is 3.93. The van der Waals surface area contributed by atoms with Crippen LogP contribution in [0.15, 0.2) is 51.2 Å². The molecule has 0 aliphatic rings. The number of nitrogen functional groups attached to an aromatic ring is 1. The number of aromatic nitrogens is 3. The molecule has 4 rings (SSSR count). The summed E-state index contributed by atoms with van der Waals surface area (Å²) in [5, 5.41) is 1.31. The number of nitrogens with two attached hydrogens (primary N) is 1. The highest BCUT2D eigenvalue weighted by molar-refractivity contribution is 7.99. The maximum absolute atomic E-state index is 5.74. The van der Waals surface area contributed by atoms with Gasteiger partial charge in [0.25, 0.3) is 5.22 Å². The van der Waals surface area contributed by atoms with Crippen LogP contribution in [0.5, 0.6) is 0 Å². The summed E-state index contributed by atoms with van der Waals surface area (Å²) in [4.78, 5) is 12.2. The number of aryl methyl sites for hydroxylation is 1. The zero-order valence-electron chi connectivity index (χ0n) is 11.3. The Balaban J connectivity index is 1.71. The van der Waals surface area contributed by atoms with Crippen molar-refractivity contribution in [1.29, 1.82) is 0 Å². The molecule has 0 saturated heterocycles. The van der Waals surface area contributed by atoms with Gasteiger partial charge in [-0.1, -0.05) is 6.07 Å². The minimum atomic E-state index is 0.548. The fourth-order valence-electron chi connectivity index (χ4n) is 2.20. The van der Waals surface area contributed by atoms with E-state index >= 15 is 0 Å². The maximum Gasteiger partial charge on any atom is 0.264 e. The Morgan fingerprint density at radius 1 is 1.10 bits per heavy atom. The molecule has 0 unspecified atom stereocenters.